The van der Waals surface area contributed by atoms with Gasteiger partial charge in [0.05, 0.1) is 12.3 Å². The molecule has 0 unspecified atom stereocenters. The summed E-state index contributed by atoms with van der Waals surface area (Å²) in [6.07, 6.45) is 3.69. The average Bonchev–Trinajstić information content (AvgIpc) is 3.46. The molecule has 0 bridgehead atoms. The van der Waals surface area contributed by atoms with Crippen LogP contribution in [0.5, 0.6) is 5.75 Å². The van der Waals surface area contributed by atoms with Gasteiger partial charge >= 0.3 is 0 Å². The fourth-order valence-corrected chi connectivity index (χ4v) is 4.68. The van der Waals surface area contributed by atoms with Gasteiger partial charge in [-0.25, -0.2) is 5.43 Å². The van der Waals surface area contributed by atoms with Crippen LogP contribution in [-0.2, 0) is 21.0 Å². The molecule has 2 N–H and O–H groups in total. The number of hydrogen-bond donors (Lipinski definition) is 2. The summed E-state index contributed by atoms with van der Waals surface area (Å²) in [6.45, 7) is 1.22. The Labute approximate surface area is 221 Å². The molecule has 7 nitrogen and oxygen atoms in total. The highest BCUT2D eigenvalue weighted by atomic mass is 32.2. The van der Waals surface area contributed by atoms with Crippen molar-refractivity contribution < 1.29 is 19.1 Å². The highest BCUT2D eigenvalue weighted by Gasteiger charge is 2.16. The molecule has 0 radical (unpaired) electrons. The molecule has 8 heteroatoms. The summed E-state index contributed by atoms with van der Waals surface area (Å²) in [6, 6.07) is 25.0. The Bertz CT molecular complexity index is 1160. The summed E-state index contributed by atoms with van der Waals surface area (Å²) in [5, 5.41) is 6.87. The Balaban J connectivity index is 1.15. The summed E-state index contributed by atoms with van der Waals surface area (Å²) in [5.41, 5.74) is 6.37. The van der Waals surface area contributed by atoms with Gasteiger partial charge in [0.15, 0.2) is 6.61 Å². The minimum Gasteiger partial charge on any atom is -0.484 e. The topological polar surface area (TPSA) is 89.0 Å². The molecule has 2 amide bonds. The van der Waals surface area contributed by atoms with Gasteiger partial charge in [-0.1, -0.05) is 42.5 Å². The highest BCUT2D eigenvalue weighted by molar-refractivity contribution is 7.97. The molecule has 1 aliphatic heterocycles. The first-order valence-electron chi connectivity index (χ1n) is 12.3. The smallest absolute Gasteiger partial charge is 0.271 e. The number of benzene rings is 3. The average molecular weight is 518 g/mol. The molecular weight excluding hydrogens is 486 g/mol. The molecule has 1 atom stereocenters. The molecule has 0 aliphatic carbocycles. The van der Waals surface area contributed by atoms with E-state index in [-0.39, 0.29) is 24.5 Å². The number of hydrazone groups is 1. The number of ether oxygens (including phenoxy) is 2. The molecular formula is C29H31N3O4S. The zero-order valence-electron chi connectivity index (χ0n) is 20.6. The molecule has 1 heterocycles. The maximum absolute atomic E-state index is 12.4. The molecule has 1 aliphatic rings. The van der Waals surface area contributed by atoms with Crippen LogP contribution in [0, 0.1) is 0 Å². The largest absolute Gasteiger partial charge is 0.484 e. The van der Waals surface area contributed by atoms with Crippen LogP contribution in [0.15, 0.2) is 84.0 Å². The standard InChI is InChI=1S/C29H31N3O4S/c33-28(30-18-27-7-4-16-35-27)19-36-26-14-10-22(11-15-26)17-31-32-29(34)25-12-8-24(9-13-25)21-37-20-23-5-2-1-3-6-23/h1-3,5-6,8-15,17,27H,4,7,16,18-21H2,(H,30,33)(H,32,34)/b31-17-/t27-/m1/s1. The van der Waals surface area contributed by atoms with Gasteiger partial charge in [-0.05, 0) is 65.9 Å². The third-order valence-corrected chi connectivity index (χ3v) is 6.85. The summed E-state index contributed by atoms with van der Waals surface area (Å²) in [7, 11) is 0. The van der Waals surface area contributed by atoms with Crippen molar-refractivity contribution in [1.29, 1.82) is 0 Å². The van der Waals surface area contributed by atoms with Crippen LogP contribution in [0.2, 0.25) is 0 Å². The monoisotopic (exact) mass is 517 g/mol. The van der Waals surface area contributed by atoms with Gasteiger partial charge in [-0.15, -0.1) is 0 Å². The molecule has 1 saturated heterocycles. The first kappa shape index (κ1) is 26.4. The predicted octanol–water partition coefficient (Wildman–Crippen LogP) is 4.56. The van der Waals surface area contributed by atoms with E-state index >= 15 is 0 Å². The van der Waals surface area contributed by atoms with Gasteiger partial charge in [0.25, 0.3) is 11.8 Å². The number of carbonyl (C=O) groups is 2. The maximum atomic E-state index is 12.4. The van der Waals surface area contributed by atoms with Crippen LogP contribution >= 0.6 is 11.8 Å². The van der Waals surface area contributed by atoms with Gasteiger partial charge < -0.3 is 14.8 Å². The molecule has 0 spiro atoms. The van der Waals surface area contributed by atoms with Gasteiger partial charge in [-0.3, -0.25) is 9.59 Å². The molecule has 37 heavy (non-hydrogen) atoms. The molecule has 192 valence electrons. The minimum absolute atomic E-state index is 0.0548. The number of carbonyl (C=O) groups excluding carboxylic acids is 2. The second kappa shape index (κ2) is 14.2. The van der Waals surface area contributed by atoms with Gasteiger partial charge in [-0.2, -0.15) is 16.9 Å². The highest BCUT2D eigenvalue weighted by Crippen LogP contribution is 2.18. The maximum Gasteiger partial charge on any atom is 0.271 e. The second-order valence-electron chi connectivity index (χ2n) is 8.67. The van der Waals surface area contributed by atoms with Crippen LogP contribution in [0.4, 0.5) is 0 Å². The Morgan fingerprint density at radius 2 is 1.70 bits per heavy atom. The lowest BCUT2D eigenvalue weighted by Crippen LogP contribution is -2.35. The Morgan fingerprint density at radius 1 is 0.973 bits per heavy atom. The van der Waals surface area contributed by atoms with Gasteiger partial charge in [0.1, 0.15) is 5.75 Å². The first-order chi connectivity index (χ1) is 18.2. The molecule has 3 aromatic carbocycles. The van der Waals surface area contributed by atoms with Crippen molar-refractivity contribution >= 4 is 29.8 Å². The van der Waals surface area contributed by atoms with Crippen LogP contribution in [0.3, 0.4) is 0 Å². The minimum atomic E-state index is -0.270. The van der Waals surface area contributed by atoms with Crippen LogP contribution in [0.25, 0.3) is 0 Å². The summed E-state index contributed by atoms with van der Waals surface area (Å²) >= 11 is 1.84. The zero-order valence-corrected chi connectivity index (χ0v) is 21.4. The van der Waals surface area contributed by atoms with E-state index in [1.54, 1.807) is 30.5 Å². The lowest BCUT2D eigenvalue weighted by molar-refractivity contribution is -0.123. The van der Waals surface area contributed by atoms with Gasteiger partial charge in [0, 0.05) is 30.2 Å². The van der Waals surface area contributed by atoms with E-state index in [0.29, 0.717) is 17.9 Å². The molecule has 3 aromatic rings. The van der Waals surface area contributed by atoms with E-state index in [4.69, 9.17) is 9.47 Å². The Hall–Kier alpha value is -3.62. The third-order valence-electron chi connectivity index (χ3n) is 5.78. The van der Waals surface area contributed by atoms with Crippen molar-refractivity contribution in [3.05, 3.63) is 101 Å². The number of hydrogen-bond acceptors (Lipinski definition) is 6. The van der Waals surface area contributed by atoms with E-state index in [9.17, 15) is 9.59 Å². The third kappa shape index (κ3) is 9.08. The van der Waals surface area contributed by atoms with Crippen molar-refractivity contribution in [1.82, 2.24) is 10.7 Å². The summed E-state index contributed by atoms with van der Waals surface area (Å²) in [5.74, 6) is 1.97. The van der Waals surface area contributed by atoms with E-state index in [1.807, 2.05) is 54.2 Å². The number of nitrogens with one attached hydrogen (secondary N) is 2. The lowest BCUT2D eigenvalue weighted by Gasteiger charge is -2.11. The van der Waals surface area contributed by atoms with Crippen LogP contribution in [0.1, 0.15) is 39.9 Å². The van der Waals surface area contributed by atoms with Crippen molar-refractivity contribution in [2.45, 2.75) is 30.5 Å². The van der Waals surface area contributed by atoms with Crippen LogP contribution < -0.4 is 15.5 Å². The fraction of sp³-hybridized carbons (Fsp3) is 0.276. The summed E-state index contributed by atoms with van der Waals surface area (Å²) in [4.78, 5) is 24.3. The Morgan fingerprint density at radius 3 is 2.41 bits per heavy atom. The van der Waals surface area contributed by atoms with Gasteiger partial charge in [0.2, 0.25) is 0 Å². The molecule has 1 fully saturated rings. The van der Waals surface area contributed by atoms with Crippen molar-refractivity contribution in [3.63, 3.8) is 0 Å². The number of thioether (sulfide) groups is 1. The number of rotatable bonds is 12. The number of nitrogens with zero attached hydrogens (tertiary/aromatic N) is 1. The van der Waals surface area contributed by atoms with Crippen molar-refractivity contribution in [2.24, 2.45) is 5.10 Å². The van der Waals surface area contributed by atoms with E-state index in [2.05, 4.69) is 28.0 Å². The van der Waals surface area contributed by atoms with Crippen LogP contribution in [-0.4, -0.2) is 43.9 Å². The Kier molecular flexibility index (Phi) is 10.2. The second-order valence-corrected chi connectivity index (χ2v) is 9.66. The lowest BCUT2D eigenvalue weighted by atomic mass is 10.1. The molecule has 0 aromatic heterocycles. The summed E-state index contributed by atoms with van der Waals surface area (Å²) < 4.78 is 11.0. The predicted molar refractivity (Wildman–Crippen MR) is 147 cm³/mol. The first-order valence-corrected chi connectivity index (χ1v) is 13.5. The van der Waals surface area contributed by atoms with E-state index in [1.165, 1.54) is 11.1 Å². The zero-order chi connectivity index (χ0) is 25.7. The SMILES string of the molecule is O=C(COc1ccc(/C=N\NC(=O)c2ccc(CSCc3ccccc3)cc2)cc1)NC[C@H]1CCCO1. The van der Waals surface area contributed by atoms with Crippen molar-refractivity contribution in [2.75, 3.05) is 19.8 Å². The molecule has 4 rings (SSSR count). The van der Waals surface area contributed by atoms with Crippen molar-refractivity contribution in [3.8, 4) is 5.75 Å². The fourth-order valence-electron chi connectivity index (χ4n) is 3.73. The quantitative estimate of drug-likeness (QED) is 0.272. The van der Waals surface area contributed by atoms with E-state index in [0.717, 1.165) is 36.5 Å². The molecule has 0 saturated carbocycles. The normalized spacial score (nSPS) is 15.0. The number of amides is 2. The van der Waals surface area contributed by atoms with E-state index < -0.39 is 0 Å².